The molecule has 0 aromatic heterocycles. The molecule has 2 bridgehead atoms. The Balaban J connectivity index is 2.01. The van der Waals surface area contributed by atoms with Crippen molar-refractivity contribution >= 4 is 0 Å². The Bertz CT molecular complexity index is 170. The van der Waals surface area contributed by atoms with Crippen LogP contribution < -0.4 is 5.73 Å². The number of nitrogens with two attached hydrogens (primary N) is 1. The van der Waals surface area contributed by atoms with Crippen LogP contribution in [0.3, 0.4) is 0 Å². The molecule has 0 aliphatic heterocycles. The van der Waals surface area contributed by atoms with E-state index in [0.29, 0.717) is 5.41 Å². The molecular weight excluding hydrogens is 146 g/mol. The topological polar surface area (TPSA) is 26.0 Å². The van der Waals surface area contributed by atoms with Crippen LogP contribution in [0.25, 0.3) is 0 Å². The van der Waals surface area contributed by atoms with E-state index in [-0.39, 0.29) is 0 Å². The van der Waals surface area contributed by atoms with Gasteiger partial charge in [-0.25, -0.2) is 0 Å². The van der Waals surface area contributed by atoms with Crippen molar-refractivity contribution in [3.05, 3.63) is 0 Å². The van der Waals surface area contributed by atoms with Crippen LogP contribution in [0.1, 0.15) is 39.5 Å². The first-order valence-electron chi connectivity index (χ1n) is 5.36. The van der Waals surface area contributed by atoms with Crippen LogP contribution in [-0.4, -0.2) is 6.54 Å². The molecule has 0 spiro atoms. The van der Waals surface area contributed by atoms with Crippen LogP contribution in [0.2, 0.25) is 0 Å². The third-order valence-electron chi connectivity index (χ3n) is 4.54. The van der Waals surface area contributed by atoms with Gasteiger partial charge in [0.05, 0.1) is 0 Å². The van der Waals surface area contributed by atoms with Crippen molar-refractivity contribution in [1.82, 2.24) is 0 Å². The highest BCUT2D eigenvalue weighted by Crippen LogP contribution is 2.61. The zero-order valence-electron chi connectivity index (χ0n) is 8.34. The summed E-state index contributed by atoms with van der Waals surface area (Å²) in [5.41, 5.74) is 6.28. The van der Waals surface area contributed by atoms with E-state index < -0.39 is 0 Å². The lowest BCUT2D eigenvalue weighted by Gasteiger charge is -2.60. The molecule has 0 radical (unpaired) electrons. The SMILES string of the molecule is CC1(C)[C@H]2CC[C@H](CCN)[C@@H]1C2. The van der Waals surface area contributed by atoms with E-state index in [1.807, 2.05) is 0 Å². The van der Waals surface area contributed by atoms with E-state index in [2.05, 4.69) is 13.8 Å². The fraction of sp³-hybridized carbons (Fsp3) is 1.00. The van der Waals surface area contributed by atoms with Crippen LogP contribution in [-0.2, 0) is 0 Å². The summed E-state index contributed by atoms with van der Waals surface area (Å²) < 4.78 is 0. The van der Waals surface area contributed by atoms with Crippen LogP contribution in [0.4, 0.5) is 0 Å². The normalized spacial score (nSPS) is 43.8. The molecule has 0 unspecified atom stereocenters. The molecule has 0 saturated heterocycles. The molecular formula is C11H21N. The minimum Gasteiger partial charge on any atom is -0.330 e. The Labute approximate surface area is 75.7 Å². The minimum absolute atomic E-state index is 0.651. The molecule has 0 aromatic rings. The molecule has 1 heteroatoms. The van der Waals surface area contributed by atoms with Gasteiger partial charge in [0.15, 0.2) is 0 Å². The number of fused-ring (bicyclic) bond motifs is 2. The van der Waals surface area contributed by atoms with Crippen LogP contribution in [0, 0.1) is 23.2 Å². The lowest BCUT2D eigenvalue weighted by atomic mass is 9.45. The summed E-state index contributed by atoms with van der Waals surface area (Å²) in [5.74, 6) is 2.99. The zero-order chi connectivity index (χ0) is 8.77. The lowest BCUT2D eigenvalue weighted by molar-refractivity contribution is -0.106. The van der Waals surface area contributed by atoms with E-state index in [4.69, 9.17) is 5.73 Å². The van der Waals surface area contributed by atoms with E-state index in [1.54, 1.807) is 0 Å². The first kappa shape index (κ1) is 8.55. The Morgan fingerprint density at radius 1 is 1.33 bits per heavy atom. The van der Waals surface area contributed by atoms with Gasteiger partial charge in [0.1, 0.15) is 0 Å². The van der Waals surface area contributed by atoms with Crippen LogP contribution in [0.5, 0.6) is 0 Å². The van der Waals surface area contributed by atoms with Crippen molar-refractivity contribution in [3.63, 3.8) is 0 Å². The third kappa shape index (κ3) is 1.02. The molecule has 1 nitrogen and oxygen atoms in total. The van der Waals surface area contributed by atoms with E-state index >= 15 is 0 Å². The van der Waals surface area contributed by atoms with Crippen molar-refractivity contribution in [2.75, 3.05) is 6.54 Å². The molecule has 3 atom stereocenters. The lowest BCUT2D eigenvalue weighted by Crippen LogP contribution is -2.52. The van der Waals surface area contributed by atoms with Gasteiger partial charge in [-0.05, 0) is 55.4 Å². The van der Waals surface area contributed by atoms with Gasteiger partial charge in [0.2, 0.25) is 0 Å². The standard InChI is InChI=1S/C11H21N/c1-11(2)9-4-3-8(5-6-12)10(11)7-9/h8-10H,3-7,12H2,1-2H3/t8-,9+,10+/m1/s1. The second-order valence-electron chi connectivity index (χ2n) is 5.28. The Morgan fingerprint density at radius 3 is 2.58 bits per heavy atom. The van der Waals surface area contributed by atoms with Gasteiger partial charge < -0.3 is 5.73 Å². The van der Waals surface area contributed by atoms with E-state index in [0.717, 1.165) is 24.3 Å². The summed E-state index contributed by atoms with van der Waals surface area (Å²) >= 11 is 0. The predicted molar refractivity (Wildman–Crippen MR) is 51.8 cm³/mol. The predicted octanol–water partition coefficient (Wildman–Crippen LogP) is 2.41. The average Bonchev–Trinajstić information content (AvgIpc) is 2.05. The summed E-state index contributed by atoms with van der Waals surface area (Å²) in [5, 5.41) is 0. The van der Waals surface area contributed by atoms with Crippen molar-refractivity contribution in [1.29, 1.82) is 0 Å². The van der Waals surface area contributed by atoms with Crippen LogP contribution >= 0.6 is 0 Å². The summed E-state index contributed by atoms with van der Waals surface area (Å²) in [6.07, 6.45) is 5.68. The highest BCUT2D eigenvalue weighted by molar-refractivity contribution is 5.03. The molecule has 3 rings (SSSR count). The number of rotatable bonds is 2. The number of hydrogen-bond acceptors (Lipinski definition) is 1. The maximum absolute atomic E-state index is 5.63. The molecule has 3 aliphatic rings. The van der Waals surface area contributed by atoms with Gasteiger partial charge in [0, 0.05) is 0 Å². The smallest absolute Gasteiger partial charge is 0.00745 e. The molecule has 0 amide bonds. The molecule has 12 heavy (non-hydrogen) atoms. The molecule has 2 N–H and O–H groups in total. The van der Waals surface area contributed by atoms with Gasteiger partial charge >= 0.3 is 0 Å². The summed E-state index contributed by atoms with van der Waals surface area (Å²) in [6, 6.07) is 0. The summed E-state index contributed by atoms with van der Waals surface area (Å²) in [4.78, 5) is 0. The largest absolute Gasteiger partial charge is 0.330 e. The first-order valence-corrected chi connectivity index (χ1v) is 5.36. The maximum atomic E-state index is 5.63. The maximum Gasteiger partial charge on any atom is -0.00745 e. The summed E-state index contributed by atoms with van der Waals surface area (Å²) in [7, 11) is 0. The Hall–Kier alpha value is -0.0400. The van der Waals surface area contributed by atoms with Gasteiger partial charge in [-0.2, -0.15) is 0 Å². The highest BCUT2D eigenvalue weighted by atomic mass is 14.6. The van der Waals surface area contributed by atoms with Gasteiger partial charge in [-0.1, -0.05) is 13.8 Å². The fourth-order valence-corrected chi connectivity index (χ4v) is 3.52. The zero-order valence-corrected chi connectivity index (χ0v) is 8.34. The molecule has 3 saturated carbocycles. The number of hydrogen-bond donors (Lipinski definition) is 1. The van der Waals surface area contributed by atoms with E-state index in [9.17, 15) is 0 Å². The molecule has 3 fully saturated rings. The quantitative estimate of drug-likeness (QED) is 0.671. The second-order valence-corrected chi connectivity index (χ2v) is 5.28. The molecule has 0 heterocycles. The van der Waals surface area contributed by atoms with Gasteiger partial charge in [0.25, 0.3) is 0 Å². The monoisotopic (exact) mass is 167 g/mol. The van der Waals surface area contributed by atoms with Crippen molar-refractivity contribution in [2.45, 2.75) is 39.5 Å². The summed E-state index contributed by atoms with van der Waals surface area (Å²) in [6.45, 7) is 5.80. The molecule has 0 aromatic carbocycles. The Morgan fingerprint density at radius 2 is 2.08 bits per heavy atom. The van der Waals surface area contributed by atoms with Gasteiger partial charge in [-0.3, -0.25) is 0 Å². The second kappa shape index (κ2) is 2.73. The Kier molecular flexibility index (Phi) is 1.95. The van der Waals surface area contributed by atoms with Crippen molar-refractivity contribution < 1.29 is 0 Å². The van der Waals surface area contributed by atoms with Crippen LogP contribution in [0.15, 0.2) is 0 Å². The average molecular weight is 167 g/mol. The van der Waals surface area contributed by atoms with Crippen molar-refractivity contribution in [3.8, 4) is 0 Å². The highest BCUT2D eigenvalue weighted by Gasteiger charge is 2.53. The minimum atomic E-state index is 0.651. The van der Waals surface area contributed by atoms with E-state index in [1.165, 1.54) is 25.7 Å². The molecule has 70 valence electrons. The third-order valence-corrected chi connectivity index (χ3v) is 4.54. The fourth-order valence-electron chi connectivity index (χ4n) is 3.52. The van der Waals surface area contributed by atoms with Crippen molar-refractivity contribution in [2.24, 2.45) is 28.9 Å². The van der Waals surface area contributed by atoms with Gasteiger partial charge in [-0.15, -0.1) is 0 Å². The first-order chi connectivity index (χ1) is 5.66. The molecule has 3 aliphatic carbocycles.